The Kier molecular flexibility index (Phi) is 23.5. The molecule has 1 unspecified atom stereocenters. The van der Waals surface area contributed by atoms with Crippen molar-refractivity contribution < 1.29 is 58.1 Å². The summed E-state index contributed by atoms with van der Waals surface area (Å²) in [5, 5.41) is 38.1. The van der Waals surface area contributed by atoms with E-state index in [9.17, 15) is 53.4 Å². The van der Waals surface area contributed by atoms with E-state index in [-0.39, 0.29) is 44.0 Å². The van der Waals surface area contributed by atoms with E-state index in [1.807, 2.05) is 19.2 Å². The Morgan fingerprint density at radius 2 is 1.42 bits per heavy atom. The number of carbonyl (C=O) groups excluding carboxylic acids is 9. The van der Waals surface area contributed by atoms with Crippen molar-refractivity contribution in [3.05, 3.63) is 102 Å². The molecule has 7 amide bonds. The maximum atomic E-state index is 13.9. The van der Waals surface area contributed by atoms with Crippen LogP contribution in [0.2, 0.25) is 0 Å². The first-order valence-electron chi connectivity index (χ1n) is 23.4. The second kappa shape index (κ2) is 29.1. The van der Waals surface area contributed by atoms with Crippen LogP contribution in [0.4, 0.5) is 0 Å². The van der Waals surface area contributed by atoms with E-state index in [1.54, 1.807) is 85.8 Å². The number of ketones is 1. The molecule has 0 saturated carbocycles. The first kappa shape index (κ1) is 57.3. The molecule has 4 rings (SSSR count). The lowest BCUT2D eigenvalue weighted by Gasteiger charge is -2.30. The van der Waals surface area contributed by atoms with E-state index < -0.39 is 107 Å². The zero-order valence-electron chi connectivity index (χ0n) is 40.4. The molecule has 3 aromatic rings. The summed E-state index contributed by atoms with van der Waals surface area (Å²) in [6, 6.07) is 14.6. The number of rotatable bonds is 21. The van der Waals surface area contributed by atoms with Gasteiger partial charge in [0.2, 0.25) is 46.5 Å². The number of nitrogens with one attached hydrogen (secondary N) is 7. The molecule has 71 heavy (non-hydrogen) atoms. The summed E-state index contributed by atoms with van der Waals surface area (Å²) in [7, 11) is 0. The fraction of sp³-hybridized carbons (Fsp3) is 0.460. The molecule has 0 spiro atoms. The van der Waals surface area contributed by atoms with Gasteiger partial charge in [-0.1, -0.05) is 92.7 Å². The molecule has 21 heteroatoms. The first-order chi connectivity index (χ1) is 33.9. The predicted octanol–water partition coefficient (Wildman–Crippen LogP) is 1.18. The Hall–Kier alpha value is -6.29. The first-order valence-corrected chi connectivity index (χ1v) is 25.8. The maximum absolute atomic E-state index is 13.9. The molecular weight excluding hydrogens is 955 g/mol. The highest BCUT2D eigenvalue weighted by Crippen LogP contribution is 2.18. The van der Waals surface area contributed by atoms with Crippen molar-refractivity contribution in [2.75, 3.05) is 31.0 Å². The van der Waals surface area contributed by atoms with Crippen LogP contribution in [-0.4, -0.2) is 142 Å². The highest BCUT2D eigenvalue weighted by Gasteiger charge is 2.37. The number of amides is 7. The van der Waals surface area contributed by atoms with Gasteiger partial charge in [-0.3, -0.25) is 43.2 Å². The van der Waals surface area contributed by atoms with Gasteiger partial charge in [0.1, 0.15) is 42.0 Å². The van der Waals surface area contributed by atoms with Crippen molar-refractivity contribution in [2.24, 2.45) is 5.92 Å². The molecule has 1 saturated heterocycles. The van der Waals surface area contributed by atoms with E-state index >= 15 is 0 Å². The SMILES string of the molecule is CC[C@H](C)[C@@H]1NC(=O)[C@H](Cc2ccccc2)NC(=O)[C@H](C)NC(=O)[C@@H](NC(=O)[C@@H](NC(=O)[C@H](CO)NC(=O)CCCOc2ccc(C(=O)c3ccccc3)cc2)[C@@H](C)O)CSC(=O)C(CCSC)NC1=O. The number of ether oxygens (including phenoxy) is 1. The number of hydrogen-bond donors (Lipinski definition) is 9. The van der Waals surface area contributed by atoms with Gasteiger partial charge in [0, 0.05) is 29.7 Å². The lowest BCUT2D eigenvalue weighted by Crippen LogP contribution is -2.62. The highest BCUT2D eigenvalue weighted by atomic mass is 32.2. The fourth-order valence-corrected chi connectivity index (χ4v) is 8.56. The predicted molar refractivity (Wildman–Crippen MR) is 269 cm³/mol. The number of hydrogen-bond acceptors (Lipinski definition) is 14. The summed E-state index contributed by atoms with van der Waals surface area (Å²) in [6.45, 7) is 5.36. The second-order valence-electron chi connectivity index (χ2n) is 17.1. The monoisotopic (exact) mass is 1020 g/mol. The minimum Gasteiger partial charge on any atom is -0.494 e. The Bertz CT molecular complexity index is 2290. The summed E-state index contributed by atoms with van der Waals surface area (Å²) in [4.78, 5) is 122. The molecule has 3 aromatic carbocycles. The molecule has 1 fully saturated rings. The molecule has 384 valence electrons. The van der Waals surface area contributed by atoms with E-state index in [0.717, 1.165) is 0 Å². The van der Waals surface area contributed by atoms with E-state index in [4.69, 9.17) is 4.74 Å². The minimum atomic E-state index is -1.76. The van der Waals surface area contributed by atoms with Crippen molar-refractivity contribution in [3.63, 3.8) is 0 Å². The fourth-order valence-electron chi connectivity index (χ4n) is 7.15. The van der Waals surface area contributed by atoms with Crippen molar-refractivity contribution >= 4 is 75.8 Å². The molecule has 9 atom stereocenters. The number of carbonyl (C=O) groups is 9. The summed E-state index contributed by atoms with van der Waals surface area (Å²) >= 11 is 2.05. The molecule has 1 heterocycles. The largest absolute Gasteiger partial charge is 0.494 e. The average Bonchev–Trinajstić information content (AvgIpc) is 3.36. The number of aliphatic hydroxyl groups is 2. The third-order valence-corrected chi connectivity index (χ3v) is 13.3. The van der Waals surface area contributed by atoms with Crippen LogP contribution >= 0.6 is 23.5 Å². The highest BCUT2D eigenvalue weighted by molar-refractivity contribution is 8.13. The van der Waals surface area contributed by atoms with Crippen molar-refractivity contribution in [2.45, 2.75) is 108 Å². The number of benzene rings is 3. The summed E-state index contributed by atoms with van der Waals surface area (Å²) in [5.41, 5.74) is 1.71. The zero-order chi connectivity index (χ0) is 52.0. The van der Waals surface area contributed by atoms with Crippen LogP contribution in [0.3, 0.4) is 0 Å². The van der Waals surface area contributed by atoms with E-state index in [1.165, 1.54) is 25.6 Å². The Balaban J connectivity index is 1.45. The Labute approximate surface area is 421 Å². The molecular formula is C50H65N7O12S2. The van der Waals surface area contributed by atoms with Crippen molar-refractivity contribution in [3.8, 4) is 5.75 Å². The van der Waals surface area contributed by atoms with Crippen LogP contribution in [0, 0.1) is 5.92 Å². The normalized spacial score (nSPS) is 20.9. The molecule has 0 radical (unpaired) electrons. The standard InChI is InChI=1S/C50H65N7O12S2/c1-6-29(2)41-48(66)53-36(23-25-70-5)50(68)71-28-39(47(65)51-30(3)44(62)54-37(45(63)56-41)26-32-14-9-7-10-15-32)55-49(67)42(31(4)59)57-46(64)38(27-58)52-40(60)18-13-24-69-35-21-19-34(20-22-35)43(61)33-16-11-8-12-17-33/h7-12,14-17,19-22,29-31,36-39,41-42,58-59H,6,13,18,23-28H2,1-5H3,(H,51,65)(H,52,60)(H,53,66)(H,54,62)(H,55,67)(H,56,63)(H,57,64)/t29-,30-,31+,36?,37-,38-,39-,41-,42-/m0/s1. The van der Waals surface area contributed by atoms with Crippen molar-refractivity contribution in [1.29, 1.82) is 0 Å². The van der Waals surface area contributed by atoms with Crippen LogP contribution in [0.1, 0.15) is 74.9 Å². The molecule has 1 aliphatic heterocycles. The summed E-state index contributed by atoms with van der Waals surface area (Å²) in [6.07, 6.45) is 0.996. The van der Waals surface area contributed by atoms with Crippen LogP contribution in [-0.2, 0) is 44.8 Å². The molecule has 1 aliphatic rings. The van der Waals surface area contributed by atoms with Gasteiger partial charge in [0.25, 0.3) is 0 Å². The molecule has 9 N–H and O–H groups in total. The zero-order valence-corrected chi connectivity index (χ0v) is 42.1. The third kappa shape index (κ3) is 18.1. The maximum Gasteiger partial charge on any atom is 0.245 e. The smallest absolute Gasteiger partial charge is 0.245 e. The van der Waals surface area contributed by atoms with Crippen molar-refractivity contribution in [1.82, 2.24) is 37.2 Å². The van der Waals surface area contributed by atoms with E-state index in [0.29, 0.717) is 46.4 Å². The number of thioether (sulfide) groups is 2. The minimum absolute atomic E-state index is 0.0255. The lowest BCUT2D eigenvalue weighted by atomic mass is 9.96. The Morgan fingerprint density at radius 3 is 2.04 bits per heavy atom. The average molecular weight is 1020 g/mol. The molecule has 0 aromatic heterocycles. The summed E-state index contributed by atoms with van der Waals surface area (Å²) < 4.78 is 5.70. The molecule has 0 bridgehead atoms. The van der Waals surface area contributed by atoms with Gasteiger partial charge in [0.15, 0.2) is 5.78 Å². The Morgan fingerprint density at radius 1 is 0.789 bits per heavy atom. The quantitative estimate of drug-likeness (QED) is 0.0536. The van der Waals surface area contributed by atoms with Gasteiger partial charge in [0.05, 0.1) is 25.4 Å². The van der Waals surface area contributed by atoms with Crippen LogP contribution in [0.25, 0.3) is 0 Å². The van der Waals surface area contributed by atoms with E-state index in [2.05, 4.69) is 37.2 Å². The van der Waals surface area contributed by atoms with Crippen LogP contribution in [0.5, 0.6) is 5.75 Å². The summed E-state index contributed by atoms with van der Waals surface area (Å²) in [5.74, 6) is -5.82. The number of aliphatic hydroxyl groups excluding tert-OH is 2. The van der Waals surface area contributed by atoms with Gasteiger partial charge in [-0.15, -0.1) is 0 Å². The lowest BCUT2D eigenvalue weighted by molar-refractivity contribution is -0.136. The topological polar surface area (TPSA) is 288 Å². The van der Waals surface area contributed by atoms with Crippen LogP contribution in [0.15, 0.2) is 84.9 Å². The second-order valence-corrected chi connectivity index (χ2v) is 19.1. The van der Waals surface area contributed by atoms with Crippen LogP contribution < -0.4 is 42.0 Å². The van der Waals surface area contributed by atoms with Gasteiger partial charge in [-0.2, -0.15) is 11.8 Å². The van der Waals surface area contributed by atoms with Gasteiger partial charge in [-0.25, -0.2) is 0 Å². The molecule has 0 aliphatic carbocycles. The van der Waals surface area contributed by atoms with Gasteiger partial charge >= 0.3 is 0 Å². The third-order valence-electron chi connectivity index (χ3n) is 11.6. The molecule has 19 nitrogen and oxygen atoms in total. The van der Waals surface area contributed by atoms with Gasteiger partial charge in [-0.05, 0) is 74.4 Å². The van der Waals surface area contributed by atoms with Gasteiger partial charge < -0.3 is 52.2 Å².